The molecule has 0 fully saturated rings. The third-order valence-corrected chi connectivity index (χ3v) is 3.28. The van der Waals surface area contributed by atoms with E-state index >= 15 is 0 Å². The van der Waals surface area contributed by atoms with Crippen LogP contribution in [0.25, 0.3) is 0 Å². The first-order valence-corrected chi connectivity index (χ1v) is 7.11. The molecule has 1 amide bonds. The second-order valence-electron chi connectivity index (χ2n) is 5.32. The van der Waals surface area contributed by atoms with Crippen LogP contribution in [0.2, 0.25) is 0 Å². The average molecular weight is 291 g/mol. The predicted molar refractivity (Wildman–Crippen MR) is 76.6 cm³/mol. The quantitative estimate of drug-likeness (QED) is 0.836. The number of hydrogen-bond donors (Lipinski definition) is 2. The molecule has 1 atom stereocenters. The molecular weight excluding hydrogens is 270 g/mol. The average Bonchev–Trinajstić information content (AvgIpc) is 3.07. The summed E-state index contributed by atoms with van der Waals surface area (Å²) in [5, 5.41) is 21.2. The van der Waals surface area contributed by atoms with E-state index in [0.29, 0.717) is 11.5 Å². The van der Waals surface area contributed by atoms with E-state index in [2.05, 4.69) is 31.0 Å². The van der Waals surface area contributed by atoms with Gasteiger partial charge >= 0.3 is 0 Å². The van der Waals surface area contributed by atoms with Crippen LogP contribution in [0, 0.1) is 0 Å². The lowest BCUT2D eigenvalue weighted by molar-refractivity contribution is 0.0923. The van der Waals surface area contributed by atoms with Gasteiger partial charge in [-0.1, -0.05) is 32.4 Å². The minimum absolute atomic E-state index is 0.180. The zero-order chi connectivity index (χ0) is 15.4. The molecule has 0 aliphatic carbocycles. The van der Waals surface area contributed by atoms with Gasteiger partial charge in [0.2, 0.25) is 0 Å². The van der Waals surface area contributed by atoms with Gasteiger partial charge in [-0.3, -0.25) is 9.48 Å². The summed E-state index contributed by atoms with van der Waals surface area (Å²) in [5.41, 5.74) is 1.43. The molecular formula is C13H21N7O. The molecule has 0 unspecified atom stereocenters. The summed E-state index contributed by atoms with van der Waals surface area (Å²) in [6.45, 7) is 6.13. The van der Waals surface area contributed by atoms with Crippen LogP contribution in [0.4, 0.5) is 0 Å². The van der Waals surface area contributed by atoms with Gasteiger partial charge in [-0.25, -0.2) is 0 Å². The standard InChI is InChI=1S/C13H21N7O/c1-5-6-9(12-15-18-19-16-12)14-13(21)11-7-10(8(2)3)17-20(11)4/h7-9H,5-6H2,1-4H3,(H,14,21)(H,15,16,18,19)/t9-/m0/s1. The number of carbonyl (C=O) groups excluding carboxylic acids is 1. The minimum atomic E-state index is -0.251. The van der Waals surface area contributed by atoms with Crippen molar-refractivity contribution >= 4 is 5.91 Å². The first-order valence-electron chi connectivity index (χ1n) is 7.11. The van der Waals surface area contributed by atoms with Gasteiger partial charge in [-0.2, -0.15) is 10.3 Å². The Kier molecular flexibility index (Phi) is 4.66. The van der Waals surface area contributed by atoms with E-state index in [9.17, 15) is 4.79 Å². The number of nitrogens with zero attached hydrogens (tertiary/aromatic N) is 5. The highest BCUT2D eigenvalue weighted by molar-refractivity contribution is 5.92. The summed E-state index contributed by atoms with van der Waals surface area (Å²) >= 11 is 0. The van der Waals surface area contributed by atoms with Crippen molar-refractivity contribution in [2.75, 3.05) is 0 Å². The van der Waals surface area contributed by atoms with Crippen molar-refractivity contribution in [3.8, 4) is 0 Å². The first kappa shape index (κ1) is 15.1. The van der Waals surface area contributed by atoms with E-state index in [1.54, 1.807) is 11.7 Å². The molecule has 0 radical (unpaired) electrons. The fourth-order valence-electron chi connectivity index (χ4n) is 2.09. The lowest BCUT2D eigenvalue weighted by Crippen LogP contribution is -2.30. The van der Waals surface area contributed by atoms with Crippen LogP contribution in [0.1, 0.15) is 67.6 Å². The Labute approximate surface area is 123 Å². The van der Waals surface area contributed by atoms with Crippen molar-refractivity contribution in [1.82, 2.24) is 35.7 Å². The molecule has 2 rings (SSSR count). The normalized spacial score (nSPS) is 12.6. The summed E-state index contributed by atoms with van der Waals surface area (Å²) in [4.78, 5) is 12.4. The molecule has 2 heterocycles. The third kappa shape index (κ3) is 3.45. The molecule has 0 bridgehead atoms. The monoisotopic (exact) mass is 291 g/mol. The molecule has 0 saturated carbocycles. The Balaban J connectivity index is 2.15. The van der Waals surface area contributed by atoms with Gasteiger partial charge in [0.25, 0.3) is 5.91 Å². The smallest absolute Gasteiger partial charge is 0.270 e. The summed E-state index contributed by atoms with van der Waals surface area (Å²) < 4.78 is 1.60. The molecule has 2 aromatic rings. The molecule has 21 heavy (non-hydrogen) atoms. The van der Waals surface area contributed by atoms with Crippen molar-refractivity contribution in [2.45, 2.75) is 45.6 Å². The molecule has 0 aliphatic heterocycles. The van der Waals surface area contributed by atoms with Gasteiger partial charge in [0.1, 0.15) is 5.69 Å². The Bertz CT molecular complexity index is 588. The third-order valence-electron chi connectivity index (χ3n) is 3.28. The molecule has 0 spiro atoms. The van der Waals surface area contributed by atoms with E-state index in [1.165, 1.54) is 0 Å². The van der Waals surface area contributed by atoms with Crippen molar-refractivity contribution in [1.29, 1.82) is 0 Å². The molecule has 8 nitrogen and oxygen atoms in total. The number of amides is 1. The number of hydrogen-bond acceptors (Lipinski definition) is 5. The van der Waals surface area contributed by atoms with E-state index in [0.717, 1.165) is 18.5 Å². The second kappa shape index (κ2) is 6.47. The maximum absolute atomic E-state index is 12.4. The zero-order valence-electron chi connectivity index (χ0n) is 12.8. The van der Waals surface area contributed by atoms with Gasteiger partial charge in [-0.15, -0.1) is 10.2 Å². The number of H-pyrrole nitrogens is 1. The van der Waals surface area contributed by atoms with Crippen LogP contribution in [-0.4, -0.2) is 36.3 Å². The number of rotatable bonds is 6. The van der Waals surface area contributed by atoms with Gasteiger partial charge in [0.15, 0.2) is 5.82 Å². The van der Waals surface area contributed by atoms with Gasteiger partial charge in [-0.05, 0) is 18.4 Å². The summed E-state index contributed by atoms with van der Waals surface area (Å²) in [7, 11) is 1.77. The number of aryl methyl sites for hydroxylation is 1. The Morgan fingerprint density at radius 2 is 2.24 bits per heavy atom. The van der Waals surface area contributed by atoms with Crippen LogP contribution in [0.15, 0.2) is 6.07 Å². The SMILES string of the molecule is CCC[C@H](NC(=O)c1cc(C(C)C)nn1C)c1nn[nH]n1. The van der Waals surface area contributed by atoms with Gasteiger partial charge < -0.3 is 5.32 Å². The number of carbonyl (C=O) groups is 1. The molecule has 114 valence electrons. The fourth-order valence-corrected chi connectivity index (χ4v) is 2.09. The number of nitrogens with one attached hydrogen (secondary N) is 2. The van der Waals surface area contributed by atoms with Crippen molar-refractivity contribution in [2.24, 2.45) is 7.05 Å². The van der Waals surface area contributed by atoms with Crippen molar-refractivity contribution < 1.29 is 4.79 Å². The van der Waals surface area contributed by atoms with E-state index in [1.807, 2.05) is 26.8 Å². The lowest BCUT2D eigenvalue weighted by atomic mass is 10.1. The number of aromatic amines is 1. The summed E-state index contributed by atoms with van der Waals surface area (Å²) in [6.07, 6.45) is 1.66. The Morgan fingerprint density at radius 1 is 1.48 bits per heavy atom. The Hall–Kier alpha value is -2.25. The summed E-state index contributed by atoms with van der Waals surface area (Å²) in [5.74, 6) is 0.595. The molecule has 0 aliphatic rings. The second-order valence-corrected chi connectivity index (χ2v) is 5.32. The van der Waals surface area contributed by atoms with Crippen LogP contribution in [0.3, 0.4) is 0 Å². The largest absolute Gasteiger partial charge is 0.341 e. The van der Waals surface area contributed by atoms with Gasteiger partial charge in [0.05, 0.1) is 11.7 Å². The highest BCUT2D eigenvalue weighted by Crippen LogP contribution is 2.17. The predicted octanol–water partition coefficient (Wildman–Crippen LogP) is 1.33. The van der Waals surface area contributed by atoms with Crippen molar-refractivity contribution in [3.05, 3.63) is 23.3 Å². The topological polar surface area (TPSA) is 101 Å². The lowest BCUT2D eigenvalue weighted by Gasteiger charge is -2.14. The Morgan fingerprint density at radius 3 is 2.76 bits per heavy atom. The molecule has 0 aromatic carbocycles. The maximum Gasteiger partial charge on any atom is 0.270 e. The molecule has 0 saturated heterocycles. The fraction of sp³-hybridized carbons (Fsp3) is 0.615. The maximum atomic E-state index is 12.4. The van der Waals surface area contributed by atoms with Crippen LogP contribution < -0.4 is 5.32 Å². The number of tetrazole rings is 1. The van der Waals surface area contributed by atoms with E-state index in [4.69, 9.17) is 0 Å². The first-order chi connectivity index (χ1) is 10.0. The van der Waals surface area contributed by atoms with Crippen LogP contribution >= 0.6 is 0 Å². The summed E-state index contributed by atoms with van der Waals surface area (Å²) in [6, 6.07) is 1.57. The highest BCUT2D eigenvalue weighted by Gasteiger charge is 2.21. The van der Waals surface area contributed by atoms with E-state index < -0.39 is 0 Å². The zero-order valence-corrected chi connectivity index (χ0v) is 12.8. The van der Waals surface area contributed by atoms with E-state index in [-0.39, 0.29) is 17.9 Å². The molecule has 8 heteroatoms. The minimum Gasteiger partial charge on any atom is -0.341 e. The van der Waals surface area contributed by atoms with Crippen molar-refractivity contribution in [3.63, 3.8) is 0 Å². The highest BCUT2D eigenvalue weighted by atomic mass is 16.2. The molecule has 2 N–H and O–H groups in total. The van der Waals surface area contributed by atoms with Crippen LogP contribution in [0.5, 0.6) is 0 Å². The van der Waals surface area contributed by atoms with Gasteiger partial charge in [0, 0.05) is 7.05 Å². The molecule has 2 aromatic heterocycles. The van der Waals surface area contributed by atoms with Crippen LogP contribution in [-0.2, 0) is 7.05 Å². The number of aromatic nitrogens is 6.